The summed E-state index contributed by atoms with van der Waals surface area (Å²) in [5, 5.41) is 3.28. The molecule has 2 aromatic rings. The molecule has 5 nitrogen and oxygen atoms in total. The van der Waals surface area contributed by atoms with Gasteiger partial charge in [-0.1, -0.05) is 18.2 Å². The number of rotatable bonds is 4. The molecule has 0 amide bonds. The molecule has 0 saturated heterocycles. The Morgan fingerprint density at radius 3 is 3.00 bits per heavy atom. The van der Waals surface area contributed by atoms with E-state index in [4.69, 9.17) is 9.47 Å². The molecule has 1 unspecified atom stereocenters. The Balaban J connectivity index is 1.63. The average Bonchev–Trinajstić information content (AvgIpc) is 2.87. The molecule has 5 heteroatoms. The highest BCUT2D eigenvalue weighted by Crippen LogP contribution is 2.28. The smallest absolute Gasteiger partial charge is 0.218 e. The van der Waals surface area contributed by atoms with E-state index in [9.17, 15) is 0 Å². The largest absolute Gasteiger partial charge is 0.488 e. The number of fused-ring (bicyclic) bond motifs is 1. The Labute approximate surface area is 118 Å². The molecule has 1 aliphatic rings. The fourth-order valence-corrected chi connectivity index (χ4v) is 2.32. The van der Waals surface area contributed by atoms with Crippen LogP contribution in [0.4, 0.5) is 5.82 Å². The minimum atomic E-state index is 0.133. The van der Waals surface area contributed by atoms with Crippen LogP contribution in [0.25, 0.3) is 0 Å². The van der Waals surface area contributed by atoms with Gasteiger partial charge in [0.05, 0.1) is 13.7 Å². The van der Waals surface area contributed by atoms with Gasteiger partial charge in [-0.25, -0.2) is 4.98 Å². The van der Waals surface area contributed by atoms with Gasteiger partial charge in [0.15, 0.2) is 0 Å². The number of hydrogen-bond acceptors (Lipinski definition) is 5. The van der Waals surface area contributed by atoms with Crippen LogP contribution in [0.5, 0.6) is 11.6 Å². The third-order valence-corrected chi connectivity index (χ3v) is 3.25. The van der Waals surface area contributed by atoms with Gasteiger partial charge in [0.1, 0.15) is 23.5 Å². The number of anilines is 1. The lowest BCUT2D eigenvalue weighted by Gasteiger charge is -2.13. The van der Waals surface area contributed by atoms with Gasteiger partial charge in [0, 0.05) is 12.5 Å². The molecule has 1 atom stereocenters. The van der Waals surface area contributed by atoms with E-state index >= 15 is 0 Å². The number of nitrogens with zero attached hydrogens (tertiary/aromatic N) is 2. The van der Waals surface area contributed by atoms with E-state index in [2.05, 4.69) is 21.4 Å². The van der Waals surface area contributed by atoms with E-state index in [1.54, 1.807) is 13.2 Å². The van der Waals surface area contributed by atoms with Crippen molar-refractivity contribution in [1.29, 1.82) is 0 Å². The number of aryl methyl sites for hydroxylation is 1. The van der Waals surface area contributed by atoms with Crippen molar-refractivity contribution in [3.63, 3.8) is 0 Å². The number of benzene rings is 1. The highest BCUT2D eigenvalue weighted by molar-refractivity contribution is 5.40. The molecule has 20 heavy (non-hydrogen) atoms. The van der Waals surface area contributed by atoms with E-state index < -0.39 is 0 Å². The SMILES string of the molecule is COc1cc(NCC2Cc3ccccc3O2)nc(C)n1. The quantitative estimate of drug-likeness (QED) is 0.924. The first-order chi connectivity index (χ1) is 9.74. The van der Waals surface area contributed by atoms with E-state index in [-0.39, 0.29) is 6.10 Å². The predicted molar refractivity (Wildman–Crippen MR) is 76.4 cm³/mol. The summed E-state index contributed by atoms with van der Waals surface area (Å²) in [6, 6.07) is 9.93. The van der Waals surface area contributed by atoms with E-state index in [0.717, 1.165) is 18.0 Å². The van der Waals surface area contributed by atoms with Crippen molar-refractivity contribution >= 4 is 5.82 Å². The number of methoxy groups -OCH3 is 1. The minimum Gasteiger partial charge on any atom is -0.488 e. The second-order valence-electron chi connectivity index (χ2n) is 4.78. The molecule has 0 radical (unpaired) electrons. The molecule has 1 aromatic heterocycles. The van der Waals surface area contributed by atoms with Crippen molar-refractivity contribution in [3.05, 3.63) is 41.7 Å². The summed E-state index contributed by atoms with van der Waals surface area (Å²) in [4.78, 5) is 8.49. The summed E-state index contributed by atoms with van der Waals surface area (Å²) in [6.07, 6.45) is 1.05. The van der Waals surface area contributed by atoms with Gasteiger partial charge in [-0.2, -0.15) is 4.98 Å². The Bertz CT molecular complexity index is 591. The van der Waals surface area contributed by atoms with Crippen LogP contribution in [0.3, 0.4) is 0 Å². The Kier molecular flexibility index (Phi) is 3.41. The van der Waals surface area contributed by atoms with Crippen LogP contribution >= 0.6 is 0 Å². The van der Waals surface area contributed by atoms with Crippen molar-refractivity contribution in [2.75, 3.05) is 19.0 Å². The lowest BCUT2D eigenvalue weighted by molar-refractivity contribution is 0.246. The third-order valence-electron chi connectivity index (χ3n) is 3.25. The zero-order valence-electron chi connectivity index (χ0n) is 11.6. The van der Waals surface area contributed by atoms with E-state index in [1.807, 2.05) is 25.1 Å². The molecule has 0 aliphatic carbocycles. The van der Waals surface area contributed by atoms with Crippen LogP contribution in [-0.4, -0.2) is 29.7 Å². The van der Waals surface area contributed by atoms with Crippen LogP contribution in [0.1, 0.15) is 11.4 Å². The number of hydrogen-bond donors (Lipinski definition) is 1. The summed E-state index contributed by atoms with van der Waals surface area (Å²) in [5.41, 5.74) is 1.26. The number of ether oxygens (including phenoxy) is 2. The average molecular weight is 271 g/mol. The van der Waals surface area contributed by atoms with Gasteiger partial charge < -0.3 is 14.8 Å². The first-order valence-corrected chi connectivity index (χ1v) is 6.62. The van der Waals surface area contributed by atoms with Gasteiger partial charge >= 0.3 is 0 Å². The molecule has 0 fully saturated rings. The molecule has 0 bridgehead atoms. The summed E-state index contributed by atoms with van der Waals surface area (Å²) < 4.78 is 11.0. The lowest BCUT2D eigenvalue weighted by atomic mass is 10.1. The normalized spacial score (nSPS) is 16.4. The number of nitrogens with one attached hydrogen (secondary N) is 1. The van der Waals surface area contributed by atoms with Crippen LogP contribution < -0.4 is 14.8 Å². The maximum Gasteiger partial charge on any atom is 0.218 e. The third kappa shape index (κ3) is 2.66. The summed E-state index contributed by atoms with van der Waals surface area (Å²) in [6.45, 7) is 2.55. The first-order valence-electron chi connectivity index (χ1n) is 6.62. The summed E-state index contributed by atoms with van der Waals surface area (Å²) >= 11 is 0. The highest BCUT2D eigenvalue weighted by Gasteiger charge is 2.22. The van der Waals surface area contributed by atoms with Crippen LogP contribution in [-0.2, 0) is 6.42 Å². The number of aromatic nitrogens is 2. The Morgan fingerprint density at radius 1 is 1.35 bits per heavy atom. The monoisotopic (exact) mass is 271 g/mol. The molecule has 3 rings (SSSR count). The van der Waals surface area contributed by atoms with Crippen molar-refractivity contribution < 1.29 is 9.47 Å². The maximum absolute atomic E-state index is 5.88. The molecule has 2 heterocycles. The fourth-order valence-electron chi connectivity index (χ4n) is 2.32. The molecule has 0 saturated carbocycles. The summed E-state index contributed by atoms with van der Waals surface area (Å²) in [7, 11) is 1.60. The molecule has 1 N–H and O–H groups in total. The van der Waals surface area contributed by atoms with Crippen molar-refractivity contribution in [3.8, 4) is 11.6 Å². The van der Waals surface area contributed by atoms with Gasteiger partial charge in [0.2, 0.25) is 5.88 Å². The van der Waals surface area contributed by atoms with Crippen LogP contribution in [0.2, 0.25) is 0 Å². The number of para-hydroxylation sites is 1. The molecule has 0 spiro atoms. The van der Waals surface area contributed by atoms with Gasteiger partial charge in [-0.05, 0) is 18.6 Å². The standard InChI is InChI=1S/C15H17N3O2/c1-10-17-14(8-15(18-10)19-2)16-9-12-7-11-5-3-4-6-13(11)20-12/h3-6,8,12H,7,9H2,1-2H3,(H,16,17,18). The zero-order chi connectivity index (χ0) is 13.9. The lowest BCUT2D eigenvalue weighted by Crippen LogP contribution is -2.24. The fraction of sp³-hybridized carbons (Fsp3) is 0.333. The van der Waals surface area contributed by atoms with Gasteiger partial charge in [-0.3, -0.25) is 0 Å². The van der Waals surface area contributed by atoms with Gasteiger partial charge in [0.25, 0.3) is 0 Å². The molecule has 104 valence electrons. The topological polar surface area (TPSA) is 56.3 Å². The molecule has 1 aliphatic heterocycles. The van der Waals surface area contributed by atoms with E-state index in [1.165, 1.54) is 5.56 Å². The molecule has 1 aromatic carbocycles. The Hall–Kier alpha value is -2.30. The predicted octanol–water partition coefficient (Wildman–Crippen LogP) is 2.21. The van der Waals surface area contributed by atoms with E-state index in [0.29, 0.717) is 18.2 Å². The van der Waals surface area contributed by atoms with Crippen LogP contribution in [0.15, 0.2) is 30.3 Å². The maximum atomic E-state index is 5.88. The van der Waals surface area contributed by atoms with Crippen molar-refractivity contribution in [1.82, 2.24) is 9.97 Å². The summed E-state index contributed by atoms with van der Waals surface area (Å²) in [5.74, 6) is 2.99. The second-order valence-corrected chi connectivity index (χ2v) is 4.78. The minimum absolute atomic E-state index is 0.133. The highest BCUT2D eigenvalue weighted by atomic mass is 16.5. The van der Waals surface area contributed by atoms with Gasteiger partial charge in [-0.15, -0.1) is 0 Å². The van der Waals surface area contributed by atoms with Crippen molar-refractivity contribution in [2.24, 2.45) is 0 Å². The van der Waals surface area contributed by atoms with Crippen molar-refractivity contribution in [2.45, 2.75) is 19.4 Å². The zero-order valence-corrected chi connectivity index (χ0v) is 11.6. The Morgan fingerprint density at radius 2 is 2.20 bits per heavy atom. The molecular weight excluding hydrogens is 254 g/mol. The van der Waals surface area contributed by atoms with Crippen LogP contribution in [0, 0.1) is 6.92 Å². The first kappa shape index (κ1) is 12.7. The molecular formula is C15H17N3O2. The second kappa shape index (κ2) is 5.36.